The lowest BCUT2D eigenvalue weighted by molar-refractivity contribution is -0.150. The van der Waals surface area contributed by atoms with Crippen LogP contribution in [0.5, 0.6) is 0 Å². The van der Waals surface area contributed by atoms with Gasteiger partial charge in [-0.1, -0.05) is 62.7 Å². The summed E-state index contributed by atoms with van der Waals surface area (Å²) in [5, 5.41) is 22.2. The molecule has 0 spiro atoms. The molecule has 1 saturated heterocycles. The number of nitrogens with one attached hydrogen (secondary N) is 3. The number of rotatable bonds is 11. The number of ether oxygens (including phenoxy) is 1. The highest BCUT2D eigenvalue weighted by Crippen LogP contribution is 2.43. The zero-order valence-electron chi connectivity index (χ0n) is 29.1. The van der Waals surface area contributed by atoms with Gasteiger partial charge in [0.2, 0.25) is 0 Å². The minimum atomic E-state index is -4.76. The zero-order valence-corrected chi connectivity index (χ0v) is 29.8. The minimum Gasteiger partial charge on any atom is -0.447 e. The third-order valence-electron chi connectivity index (χ3n) is 9.05. The van der Waals surface area contributed by atoms with Crippen LogP contribution in [0.25, 0.3) is 16.8 Å². The van der Waals surface area contributed by atoms with E-state index in [-0.39, 0.29) is 22.7 Å². The van der Waals surface area contributed by atoms with Crippen molar-refractivity contribution in [1.29, 1.82) is 5.41 Å². The number of hydrogen-bond acceptors (Lipinski definition) is 7. The topological polar surface area (TPSA) is 143 Å². The maximum absolute atomic E-state index is 14.9. The number of carbonyl (C=O) groups is 2. The van der Waals surface area contributed by atoms with Crippen LogP contribution < -0.4 is 10.6 Å². The van der Waals surface area contributed by atoms with Gasteiger partial charge >= 0.3 is 12.3 Å². The van der Waals surface area contributed by atoms with Crippen molar-refractivity contribution in [2.24, 2.45) is 5.41 Å². The fourth-order valence-corrected chi connectivity index (χ4v) is 6.56. The number of alkyl halides is 5. The van der Waals surface area contributed by atoms with Crippen LogP contribution in [0.4, 0.5) is 26.7 Å². The predicted molar refractivity (Wildman–Crippen MR) is 183 cm³/mol. The van der Waals surface area contributed by atoms with E-state index in [1.807, 2.05) is 43.8 Å². The average molecular weight is 762 g/mol. The lowest BCUT2D eigenvalue weighted by Gasteiger charge is -2.35. The Morgan fingerprint density at radius 3 is 2.43 bits per heavy atom. The molecule has 3 heterocycles. The van der Waals surface area contributed by atoms with Crippen molar-refractivity contribution in [3.8, 4) is 16.8 Å². The van der Waals surface area contributed by atoms with Gasteiger partial charge in [-0.25, -0.2) is 23.2 Å². The molecule has 0 bridgehead atoms. The summed E-state index contributed by atoms with van der Waals surface area (Å²) in [5.74, 6) is -1.73. The van der Waals surface area contributed by atoms with Gasteiger partial charge in [0.05, 0.1) is 29.0 Å². The van der Waals surface area contributed by atoms with Gasteiger partial charge in [0.1, 0.15) is 24.5 Å². The van der Waals surface area contributed by atoms with E-state index in [1.165, 1.54) is 18.2 Å². The van der Waals surface area contributed by atoms with Gasteiger partial charge in [0.15, 0.2) is 11.8 Å². The molecule has 2 fully saturated rings. The van der Waals surface area contributed by atoms with E-state index in [0.29, 0.717) is 11.6 Å². The van der Waals surface area contributed by atoms with Crippen LogP contribution >= 0.6 is 11.6 Å². The summed E-state index contributed by atoms with van der Waals surface area (Å²) in [6, 6.07) is 8.14. The van der Waals surface area contributed by atoms with E-state index in [2.05, 4.69) is 20.5 Å². The molecule has 3 atom stereocenters. The quantitative estimate of drug-likeness (QED) is 0.135. The van der Waals surface area contributed by atoms with Crippen molar-refractivity contribution < 1.29 is 36.3 Å². The summed E-state index contributed by atoms with van der Waals surface area (Å²) in [5.41, 5.74) is 0.358. The Bertz CT molecular complexity index is 2010. The van der Waals surface area contributed by atoms with Crippen LogP contribution in [0.15, 0.2) is 61.2 Å². The Labute approximate surface area is 306 Å². The molecule has 53 heavy (non-hydrogen) atoms. The molecule has 2 aliphatic rings. The molecular weight excluding hydrogens is 725 g/mol. The van der Waals surface area contributed by atoms with E-state index in [4.69, 9.17) is 21.7 Å². The van der Waals surface area contributed by atoms with Crippen LogP contribution in [0.2, 0.25) is 5.02 Å². The molecule has 2 aromatic heterocycles. The normalized spacial score (nSPS) is 19.0. The molecule has 1 saturated carbocycles. The van der Waals surface area contributed by atoms with Crippen molar-refractivity contribution >= 4 is 29.6 Å². The molecule has 0 radical (unpaired) electrons. The van der Waals surface area contributed by atoms with Gasteiger partial charge in [0, 0.05) is 11.8 Å². The molecule has 1 unspecified atom stereocenters. The zero-order chi connectivity index (χ0) is 38.5. The van der Waals surface area contributed by atoms with Gasteiger partial charge in [-0.2, -0.15) is 23.4 Å². The fraction of sp³-hybridized carbons (Fsp3) is 0.429. The first-order valence-corrected chi connectivity index (χ1v) is 17.1. The number of amides is 2. The molecule has 282 valence electrons. The van der Waals surface area contributed by atoms with Crippen molar-refractivity contribution in [2.75, 3.05) is 6.61 Å². The Morgan fingerprint density at radius 1 is 1.11 bits per heavy atom. The van der Waals surface area contributed by atoms with E-state index >= 15 is 0 Å². The van der Waals surface area contributed by atoms with Crippen LogP contribution in [0.1, 0.15) is 82.4 Å². The van der Waals surface area contributed by atoms with Gasteiger partial charge in [-0.3, -0.25) is 19.8 Å². The molecule has 1 aliphatic heterocycles. The van der Waals surface area contributed by atoms with Crippen molar-refractivity contribution in [3.05, 3.63) is 83.2 Å². The first-order valence-electron chi connectivity index (χ1n) is 16.7. The average Bonchev–Trinajstić information content (AvgIpc) is 3.49. The summed E-state index contributed by atoms with van der Waals surface area (Å²) in [4.78, 5) is 32.2. The van der Waals surface area contributed by atoms with Crippen LogP contribution in [0, 0.1) is 10.8 Å². The molecule has 12 nitrogen and oxygen atoms in total. The highest BCUT2D eigenvalue weighted by atomic mass is 35.5. The van der Waals surface area contributed by atoms with Crippen molar-refractivity contribution in [1.82, 2.24) is 40.1 Å². The van der Waals surface area contributed by atoms with Gasteiger partial charge in [0.25, 0.3) is 12.3 Å². The first kappa shape index (κ1) is 37.7. The van der Waals surface area contributed by atoms with E-state index in [0.717, 1.165) is 46.8 Å². The highest BCUT2D eigenvalue weighted by Gasteiger charge is 2.54. The maximum atomic E-state index is 14.9. The summed E-state index contributed by atoms with van der Waals surface area (Å²) < 4.78 is 75.3. The number of benzene rings is 2. The number of nitrogens with zero attached hydrogens (tertiary/aromatic N) is 6. The summed E-state index contributed by atoms with van der Waals surface area (Å²) in [6.45, 7) is 5.77. The summed E-state index contributed by atoms with van der Waals surface area (Å²) in [6.07, 6.45) is -2.25. The van der Waals surface area contributed by atoms with E-state index in [9.17, 15) is 31.5 Å². The number of halogens is 6. The molecule has 1 aliphatic carbocycles. The Hall–Kier alpha value is -5.06. The molecular formula is C35H37ClF5N9O3. The maximum Gasteiger partial charge on any atom is 0.408 e. The number of guanidine groups is 1. The predicted octanol–water partition coefficient (Wildman–Crippen LogP) is 7.47. The largest absolute Gasteiger partial charge is 0.447 e. The molecule has 18 heteroatoms. The van der Waals surface area contributed by atoms with Crippen molar-refractivity contribution in [3.63, 3.8) is 0 Å². The lowest BCUT2D eigenvalue weighted by Crippen LogP contribution is -2.47. The number of carbonyl (C=O) groups excluding carboxylic acids is 2. The SMILES string of the molecule is C[C@H](NC(=O)OCC(c1ccc(Cl)c(-n2ncnc2C(F)F)c1)N1C(=N)N[C@](CC(C)(C)C)(c2ccc(-c3cnn(C4CC4)c3)cc2)C1=O)C(F)(F)F. The minimum absolute atomic E-state index is 0.0247. The van der Waals surface area contributed by atoms with Gasteiger partial charge in [-0.15, -0.1) is 0 Å². The second-order valence-corrected chi connectivity index (χ2v) is 14.8. The lowest BCUT2D eigenvalue weighted by atomic mass is 9.75. The number of aromatic nitrogens is 5. The second kappa shape index (κ2) is 14.1. The highest BCUT2D eigenvalue weighted by molar-refractivity contribution is 6.32. The number of hydrogen-bond donors (Lipinski definition) is 3. The van der Waals surface area contributed by atoms with E-state index in [1.54, 1.807) is 23.6 Å². The Morgan fingerprint density at radius 2 is 1.81 bits per heavy atom. The standard InChI is InChI=1S/C35H37ClF5N9O3/c1-19(35(39,40)41)46-32(52)53-16-27(21-7-12-25(36)26(13-21)50-29(28(37)38)43-18-45-50)49-30(51)34(47-31(49)42,17-33(2,3)4)23-8-5-20(6-9-23)22-14-44-48(15-22)24-10-11-24/h5-9,12-15,18-19,24,27-28H,10-11,16-17H2,1-4H3,(H2,42,47)(H,46,52)/t19-,27?,34+/m0/s1. The third kappa shape index (κ3) is 7.84. The Balaban J connectivity index is 1.39. The van der Waals surface area contributed by atoms with E-state index < -0.39 is 66.0 Å². The second-order valence-electron chi connectivity index (χ2n) is 14.4. The summed E-state index contributed by atoms with van der Waals surface area (Å²) >= 11 is 6.41. The van der Waals surface area contributed by atoms with Gasteiger partial charge in [-0.05, 0) is 60.4 Å². The molecule has 2 amide bonds. The van der Waals surface area contributed by atoms with Crippen LogP contribution in [-0.4, -0.2) is 66.2 Å². The molecule has 2 aromatic carbocycles. The van der Waals surface area contributed by atoms with Crippen LogP contribution in [0.3, 0.4) is 0 Å². The van der Waals surface area contributed by atoms with Gasteiger partial charge < -0.3 is 15.4 Å². The number of alkyl carbamates (subject to hydrolysis) is 1. The monoisotopic (exact) mass is 761 g/mol. The fourth-order valence-electron chi connectivity index (χ4n) is 6.37. The molecule has 3 N–H and O–H groups in total. The van der Waals surface area contributed by atoms with Crippen molar-refractivity contribution in [2.45, 2.75) is 83.2 Å². The smallest absolute Gasteiger partial charge is 0.408 e. The molecule has 4 aromatic rings. The summed E-state index contributed by atoms with van der Waals surface area (Å²) in [7, 11) is 0. The third-order valence-corrected chi connectivity index (χ3v) is 9.37. The van der Waals surface area contributed by atoms with Crippen LogP contribution in [-0.2, 0) is 15.1 Å². The Kier molecular flexibility index (Phi) is 10.00. The first-order chi connectivity index (χ1) is 24.9. The molecule has 6 rings (SSSR count).